The summed E-state index contributed by atoms with van der Waals surface area (Å²) in [6.45, 7) is 1.63. The molecule has 7 nitrogen and oxygen atoms in total. The topological polar surface area (TPSA) is 80.1 Å². The fraction of sp³-hybridized carbons (Fsp3) is 0.167. The molecule has 3 heterocycles. The molecule has 1 fully saturated rings. The second-order valence-corrected chi connectivity index (χ2v) is 8.44. The summed E-state index contributed by atoms with van der Waals surface area (Å²) in [5.41, 5.74) is 3.41. The lowest BCUT2D eigenvalue weighted by atomic mass is 10.2. The molecule has 32 heavy (non-hydrogen) atoms. The molecule has 2 aromatic carbocycles. The number of rotatable bonds is 5. The van der Waals surface area contributed by atoms with Crippen LogP contribution in [0.2, 0.25) is 0 Å². The number of hydrogen-bond donors (Lipinski definition) is 1. The molecule has 0 spiro atoms. The minimum Gasteiger partial charge on any atom is -0.339 e. The normalized spacial score (nSPS) is 13.3. The van der Waals surface area contributed by atoms with Crippen molar-refractivity contribution in [2.75, 3.05) is 18.4 Å². The molecule has 1 aliphatic rings. The summed E-state index contributed by atoms with van der Waals surface area (Å²) >= 11 is 1.40. The van der Waals surface area contributed by atoms with Crippen molar-refractivity contribution in [1.82, 2.24) is 19.7 Å². The van der Waals surface area contributed by atoms with E-state index < -0.39 is 0 Å². The van der Waals surface area contributed by atoms with Crippen LogP contribution in [0.3, 0.4) is 0 Å². The van der Waals surface area contributed by atoms with Crippen LogP contribution in [0.5, 0.6) is 0 Å². The summed E-state index contributed by atoms with van der Waals surface area (Å²) in [6, 6.07) is 16.8. The van der Waals surface area contributed by atoms with Gasteiger partial charge in [-0.2, -0.15) is 5.10 Å². The monoisotopic (exact) mass is 443 g/mol. The Morgan fingerprint density at radius 2 is 1.72 bits per heavy atom. The average Bonchev–Trinajstić information content (AvgIpc) is 3.61. The number of benzene rings is 2. The first-order chi connectivity index (χ1) is 15.7. The maximum Gasteiger partial charge on any atom is 0.275 e. The SMILES string of the molecule is O=C(Nc1ccc(C(=O)N2CCCC2)cc1)c1csc(-c2cnn(-c3ccccc3)c2)n1. The predicted molar refractivity (Wildman–Crippen MR) is 124 cm³/mol. The summed E-state index contributed by atoms with van der Waals surface area (Å²) < 4.78 is 1.78. The number of hydrogen-bond acceptors (Lipinski definition) is 5. The Morgan fingerprint density at radius 1 is 0.969 bits per heavy atom. The van der Waals surface area contributed by atoms with Gasteiger partial charge in [-0.3, -0.25) is 9.59 Å². The zero-order valence-electron chi connectivity index (χ0n) is 17.3. The smallest absolute Gasteiger partial charge is 0.275 e. The van der Waals surface area contributed by atoms with Gasteiger partial charge < -0.3 is 10.2 Å². The third-order valence-corrected chi connectivity index (χ3v) is 6.26. The van der Waals surface area contributed by atoms with Gasteiger partial charge in [0.15, 0.2) is 0 Å². The van der Waals surface area contributed by atoms with Gasteiger partial charge in [0.25, 0.3) is 11.8 Å². The Balaban J connectivity index is 1.25. The number of para-hydroxylation sites is 1. The molecule has 2 amide bonds. The number of nitrogens with zero attached hydrogens (tertiary/aromatic N) is 4. The molecule has 2 aromatic heterocycles. The van der Waals surface area contributed by atoms with E-state index in [4.69, 9.17) is 0 Å². The molecule has 0 atom stereocenters. The van der Waals surface area contributed by atoms with Gasteiger partial charge in [-0.25, -0.2) is 9.67 Å². The van der Waals surface area contributed by atoms with Crippen LogP contribution in [-0.2, 0) is 0 Å². The van der Waals surface area contributed by atoms with Crippen molar-refractivity contribution in [1.29, 1.82) is 0 Å². The van der Waals surface area contributed by atoms with E-state index in [2.05, 4.69) is 15.4 Å². The highest BCUT2D eigenvalue weighted by atomic mass is 32.1. The van der Waals surface area contributed by atoms with E-state index >= 15 is 0 Å². The fourth-order valence-electron chi connectivity index (χ4n) is 3.66. The maximum absolute atomic E-state index is 12.7. The minimum absolute atomic E-state index is 0.0422. The number of aromatic nitrogens is 3. The van der Waals surface area contributed by atoms with Crippen LogP contribution in [0, 0.1) is 0 Å². The molecular formula is C24H21N5O2S. The zero-order valence-corrected chi connectivity index (χ0v) is 18.1. The number of nitrogens with one attached hydrogen (secondary N) is 1. The van der Waals surface area contributed by atoms with E-state index in [-0.39, 0.29) is 11.8 Å². The van der Waals surface area contributed by atoms with Gasteiger partial charge >= 0.3 is 0 Å². The quantitative estimate of drug-likeness (QED) is 0.493. The predicted octanol–water partition coefficient (Wildman–Crippen LogP) is 4.48. The first-order valence-electron chi connectivity index (χ1n) is 10.4. The minimum atomic E-state index is -0.290. The highest BCUT2D eigenvalue weighted by molar-refractivity contribution is 7.13. The Morgan fingerprint density at radius 3 is 2.47 bits per heavy atom. The second kappa shape index (κ2) is 8.76. The van der Waals surface area contributed by atoms with Gasteiger partial charge in [-0.1, -0.05) is 18.2 Å². The van der Waals surface area contributed by atoms with E-state index in [9.17, 15) is 9.59 Å². The molecule has 0 bridgehead atoms. The molecule has 0 unspecified atom stereocenters. The van der Waals surface area contributed by atoms with Crippen molar-refractivity contribution < 1.29 is 9.59 Å². The summed E-state index contributed by atoms with van der Waals surface area (Å²) in [5, 5.41) is 9.69. The Kier molecular flexibility index (Phi) is 5.51. The fourth-order valence-corrected chi connectivity index (χ4v) is 4.44. The van der Waals surface area contributed by atoms with Crippen LogP contribution in [0.25, 0.3) is 16.3 Å². The molecule has 0 radical (unpaired) electrons. The molecule has 1 N–H and O–H groups in total. The lowest BCUT2D eigenvalue weighted by Gasteiger charge is -2.15. The van der Waals surface area contributed by atoms with Crippen molar-refractivity contribution in [3.8, 4) is 16.3 Å². The van der Waals surface area contributed by atoms with Crippen LogP contribution in [0.4, 0.5) is 5.69 Å². The van der Waals surface area contributed by atoms with E-state index in [1.165, 1.54) is 11.3 Å². The second-order valence-electron chi connectivity index (χ2n) is 7.58. The molecule has 8 heteroatoms. The van der Waals surface area contributed by atoms with Crippen molar-refractivity contribution in [2.24, 2.45) is 0 Å². The van der Waals surface area contributed by atoms with E-state index in [0.717, 1.165) is 42.2 Å². The van der Waals surface area contributed by atoms with Crippen molar-refractivity contribution in [2.45, 2.75) is 12.8 Å². The molecule has 4 aromatic rings. The van der Waals surface area contributed by atoms with E-state index in [1.807, 2.05) is 41.4 Å². The molecule has 1 aliphatic heterocycles. The first kappa shape index (κ1) is 20.1. The molecule has 5 rings (SSSR count). The van der Waals surface area contributed by atoms with Gasteiger partial charge in [0.2, 0.25) is 0 Å². The Labute approximate surface area is 189 Å². The lowest BCUT2D eigenvalue weighted by Crippen LogP contribution is -2.27. The van der Waals surface area contributed by atoms with Gasteiger partial charge in [-0.15, -0.1) is 11.3 Å². The first-order valence-corrected chi connectivity index (χ1v) is 11.3. The number of carbonyl (C=O) groups is 2. The van der Waals surface area contributed by atoms with Crippen molar-refractivity contribution in [3.63, 3.8) is 0 Å². The van der Waals surface area contributed by atoms with Gasteiger partial charge in [0.1, 0.15) is 10.7 Å². The van der Waals surface area contributed by atoms with Crippen LogP contribution in [0.15, 0.2) is 72.4 Å². The number of thiazole rings is 1. The van der Waals surface area contributed by atoms with E-state index in [1.54, 1.807) is 40.5 Å². The van der Waals surface area contributed by atoms with Gasteiger partial charge in [-0.05, 0) is 49.2 Å². The van der Waals surface area contributed by atoms with Crippen LogP contribution >= 0.6 is 11.3 Å². The number of amides is 2. The summed E-state index contributed by atoms with van der Waals surface area (Å²) in [4.78, 5) is 31.4. The molecule has 0 saturated carbocycles. The standard InChI is InChI=1S/C24H21N5O2S/c30-22(26-19-10-8-17(9-11-19)24(31)28-12-4-5-13-28)21-16-32-23(27-21)18-14-25-29(15-18)20-6-2-1-3-7-20/h1-3,6-11,14-16H,4-5,12-13H2,(H,26,30). The third-order valence-electron chi connectivity index (χ3n) is 5.37. The van der Waals surface area contributed by atoms with Crippen LogP contribution < -0.4 is 5.32 Å². The summed E-state index contributed by atoms with van der Waals surface area (Å²) in [7, 11) is 0. The molecule has 0 aliphatic carbocycles. The Bertz CT molecular complexity index is 1240. The van der Waals surface area contributed by atoms with Gasteiger partial charge in [0, 0.05) is 41.5 Å². The van der Waals surface area contributed by atoms with Crippen molar-refractivity contribution >= 4 is 28.8 Å². The largest absolute Gasteiger partial charge is 0.339 e. The Hall–Kier alpha value is -3.78. The van der Waals surface area contributed by atoms with Crippen molar-refractivity contribution in [3.05, 3.63) is 83.6 Å². The van der Waals surface area contributed by atoms with Gasteiger partial charge in [0.05, 0.1) is 11.9 Å². The highest BCUT2D eigenvalue weighted by Crippen LogP contribution is 2.25. The maximum atomic E-state index is 12.7. The van der Waals surface area contributed by atoms with Crippen LogP contribution in [0.1, 0.15) is 33.7 Å². The number of carbonyl (C=O) groups excluding carboxylic acids is 2. The molecule has 160 valence electrons. The van der Waals surface area contributed by atoms with Crippen LogP contribution in [-0.4, -0.2) is 44.6 Å². The third kappa shape index (κ3) is 4.17. The molecule has 1 saturated heterocycles. The van der Waals surface area contributed by atoms with E-state index in [0.29, 0.717) is 16.9 Å². The summed E-state index contributed by atoms with van der Waals surface area (Å²) in [5.74, 6) is -0.248. The molecular weight excluding hydrogens is 422 g/mol. The zero-order chi connectivity index (χ0) is 21.9. The highest BCUT2D eigenvalue weighted by Gasteiger charge is 2.19. The summed E-state index contributed by atoms with van der Waals surface area (Å²) in [6.07, 6.45) is 5.75. The number of likely N-dealkylation sites (tertiary alicyclic amines) is 1. The number of anilines is 1. The average molecular weight is 444 g/mol. The lowest BCUT2D eigenvalue weighted by molar-refractivity contribution is 0.0792.